The summed E-state index contributed by atoms with van der Waals surface area (Å²) < 4.78 is 5.19. The second-order valence-corrected chi connectivity index (χ2v) is 4.16. The van der Waals surface area contributed by atoms with Crippen LogP contribution in [0.4, 0.5) is 0 Å². The third kappa shape index (κ3) is 2.04. The molecule has 0 atom stereocenters. The average molecular weight is 267 g/mol. The van der Waals surface area contributed by atoms with Gasteiger partial charge in [-0.2, -0.15) is 5.10 Å². The molecule has 94 valence electrons. The predicted octanol–water partition coefficient (Wildman–Crippen LogP) is 2.75. The van der Waals surface area contributed by atoms with Crippen molar-refractivity contribution in [1.82, 2.24) is 10.2 Å². The number of carbonyl (C=O) groups is 1. The number of ether oxygens (including phenoxy) is 1. The Kier molecular flexibility index (Phi) is 3.25. The molecule has 0 aliphatic heterocycles. The smallest absolute Gasteiger partial charge is 0.339 e. The first-order valence-corrected chi connectivity index (χ1v) is 5.54. The molecule has 2 aromatic rings. The van der Waals surface area contributed by atoms with Crippen molar-refractivity contribution in [2.24, 2.45) is 0 Å². The van der Waals surface area contributed by atoms with Crippen molar-refractivity contribution in [3.63, 3.8) is 0 Å². The quantitative estimate of drug-likeness (QED) is 0.896. The standard InChI is InChI=1S/C12H11ClN2O3/c1-6-10(12(16)17)11(15-14-6)8-5-7(13)3-4-9(8)18-2/h3-5H,1-2H3,(H,14,15)(H,16,17). The third-order valence-electron chi connectivity index (χ3n) is 2.58. The second kappa shape index (κ2) is 4.70. The van der Waals surface area contributed by atoms with Crippen LogP contribution in [-0.4, -0.2) is 28.4 Å². The highest BCUT2D eigenvalue weighted by molar-refractivity contribution is 6.31. The topological polar surface area (TPSA) is 75.2 Å². The number of aromatic carboxylic acids is 1. The molecule has 0 bridgehead atoms. The van der Waals surface area contributed by atoms with Gasteiger partial charge in [0.1, 0.15) is 17.0 Å². The van der Waals surface area contributed by atoms with Crippen molar-refractivity contribution >= 4 is 17.6 Å². The molecule has 2 rings (SSSR count). The molecule has 1 aromatic carbocycles. The average Bonchev–Trinajstić information content (AvgIpc) is 2.71. The summed E-state index contributed by atoms with van der Waals surface area (Å²) in [5.41, 5.74) is 1.47. The largest absolute Gasteiger partial charge is 0.496 e. The van der Waals surface area contributed by atoms with Crippen LogP contribution < -0.4 is 4.74 Å². The third-order valence-corrected chi connectivity index (χ3v) is 2.81. The number of aromatic nitrogens is 2. The lowest BCUT2D eigenvalue weighted by molar-refractivity contribution is 0.0697. The summed E-state index contributed by atoms with van der Waals surface area (Å²) >= 11 is 5.92. The summed E-state index contributed by atoms with van der Waals surface area (Å²) in [5, 5.41) is 16.4. The normalized spacial score (nSPS) is 10.4. The first kappa shape index (κ1) is 12.4. The van der Waals surface area contributed by atoms with Crippen molar-refractivity contribution in [2.45, 2.75) is 6.92 Å². The lowest BCUT2D eigenvalue weighted by Gasteiger charge is -2.07. The van der Waals surface area contributed by atoms with Crippen LogP contribution in [0.25, 0.3) is 11.3 Å². The summed E-state index contributed by atoms with van der Waals surface area (Å²) in [6.45, 7) is 1.65. The van der Waals surface area contributed by atoms with Gasteiger partial charge in [0.15, 0.2) is 0 Å². The van der Waals surface area contributed by atoms with Gasteiger partial charge in [-0.3, -0.25) is 5.10 Å². The Hall–Kier alpha value is -2.01. The van der Waals surface area contributed by atoms with Crippen molar-refractivity contribution in [1.29, 1.82) is 0 Å². The van der Waals surface area contributed by atoms with E-state index in [-0.39, 0.29) is 5.56 Å². The van der Waals surface area contributed by atoms with Crippen molar-refractivity contribution < 1.29 is 14.6 Å². The van der Waals surface area contributed by atoms with Gasteiger partial charge < -0.3 is 9.84 Å². The van der Waals surface area contributed by atoms with E-state index in [1.807, 2.05) is 0 Å². The molecule has 18 heavy (non-hydrogen) atoms. The van der Waals surface area contributed by atoms with Gasteiger partial charge in [0.2, 0.25) is 0 Å². The lowest BCUT2D eigenvalue weighted by Crippen LogP contribution is -2.00. The minimum atomic E-state index is -1.04. The van der Waals surface area contributed by atoms with E-state index < -0.39 is 5.97 Å². The first-order chi connectivity index (χ1) is 8.54. The maximum atomic E-state index is 11.2. The molecule has 0 unspecified atom stereocenters. The predicted molar refractivity (Wildman–Crippen MR) is 67.3 cm³/mol. The van der Waals surface area contributed by atoms with Crippen LogP contribution in [-0.2, 0) is 0 Å². The van der Waals surface area contributed by atoms with E-state index in [0.29, 0.717) is 27.7 Å². The highest BCUT2D eigenvalue weighted by Gasteiger charge is 2.21. The van der Waals surface area contributed by atoms with Crippen LogP contribution in [0.5, 0.6) is 5.75 Å². The molecule has 0 spiro atoms. The number of methoxy groups -OCH3 is 1. The van der Waals surface area contributed by atoms with Crippen LogP contribution >= 0.6 is 11.6 Å². The SMILES string of the molecule is COc1ccc(Cl)cc1-c1n[nH]c(C)c1C(=O)O. The molecular formula is C12H11ClN2O3. The Morgan fingerprint density at radius 3 is 2.83 bits per heavy atom. The summed E-state index contributed by atoms with van der Waals surface area (Å²) in [7, 11) is 1.51. The van der Waals surface area contributed by atoms with E-state index in [2.05, 4.69) is 10.2 Å². The number of halogens is 1. The monoisotopic (exact) mass is 266 g/mol. The number of aromatic amines is 1. The molecule has 0 aliphatic carbocycles. The minimum Gasteiger partial charge on any atom is -0.496 e. The van der Waals surface area contributed by atoms with Crippen LogP contribution in [0.1, 0.15) is 16.1 Å². The van der Waals surface area contributed by atoms with Gasteiger partial charge >= 0.3 is 5.97 Å². The Balaban J connectivity index is 2.69. The number of carboxylic acids is 1. The van der Waals surface area contributed by atoms with Crippen LogP contribution in [0.2, 0.25) is 5.02 Å². The number of benzene rings is 1. The molecule has 2 N–H and O–H groups in total. The fourth-order valence-corrected chi connectivity index (χ4v) is 1.92. The fraction of sp³-hybridized carbons (Fsp3) is 0.167. The number of carboxylic acid groups (broad SMARTS) is 1. The molecule has 1 aromatic heterocycles. The number of hydrogen-bond donors (Lipinski definition) is 2. The second-order valence-electron chi connectivity index (χ2n) is 3.72. The molecule has 0 saturated carbocycles. The Labute approximate surface area is 108 Å². The zero-order valence-corrected chi connectivity index (χ0v) is 10.6. The highest BCUT2D eigenvalue weighted by Crippen LogP contribution is 2.34. The van der Waals surface area contributed by atoms with E-state index in [9.17, 15) is 9.90 Å². The molecule has 6 heteroatoms. The van der Waals surface area contributed by atoms with Crippen molar-refractivity contribution in [3.8, 4) is 17.0 Å². The van der Waals surface area contributed by atoms with E-state index in [1.165, 1.54) is 7.11 Å². The molecule has 0 radical (unpaired) electrons. The van der Waals surface area contributed by atoms with E-state index in [0.717, 1.165) is 0 Å². The number of H-pyrrole nitrogens is 1. The zero-order valence-electron chi connectivity index (χ0n) is 9.82. The summed E-state index contributed by atoms with van der Waals surface area (Å²) in [5.74, 6) is -0.522. The minimum absolute atomic E-state index is 0.121. The fourth-order valence-electron chi connectivity index (χ4n) is 1.75. The van der Waals surface area contributed by atoms with Gasteiger partial charge in [-0.1, -0.05) is 11.6 Å². The van der Waals surface area contributed by atoms with E-state index in [4.69, 9.17) is 16.3 Å². The molecule has 5 nitrogen and oxygen atoms in total. The molecule has 1 heterocycles. The van der Waals surface area contributed by atoms with E-state index in [1.54, 1.807) is 25.1 Å². The Morgan fingerprint density at radius 1 is 1.50 bits per heavy atom. The van der Waals surface area contributed by atoms with Gasteiger partial charge in [-0.05, 0) is 25.1 Å². The van der Waals surface area contributed by atoms with Gasteiger partial charge in [0, 0.05) is 16.3 Å². The summed E-state index contributed by atoms with van der Waals surface area (Å²) in [4.78, 5) is 11.2. The van der Waals surface area contributed by atoms with Gasteiger partial charge in [-0.25, -0.2) is 4.79 Å². The van der Waals surface area contributed by atoms with Crippen LogP contribution in [0, 0.1) is 6.92 Å². The maximum Gasteiger partial charge on any atom is 0.339 e. The summed E-state index contributed by atoms with van der Waals surface area (Å²) in [6.07, 6.45) is 0. The first-order valence-electron chi connectivity index (χ1n) is 5.16. The van der Waals surface area contributed by atoms with Gasteiger partial charge in [-0.15, -0.1) is 0 Å². The number of aryl methyl sites for hydroxylation is 1. The van der Waals surface area contributed by atoms with Crippen molar-refractivity contribution in [2.75, 3.05) is 7.11 Å². The van der Waals surface area contributed by atoms with Crippen molar-refractivity contribution in [3.05, 3.63) is 34.5 Å². The molecule has 0 aliphatic rings. The van der Waals surface area contributed by atoms with Crippen LogP contribution in [0.3, 0.4) is 0 Å². The Morgan fingerprint density at radius 2 is 2.22 bits per heavy atom. The molecule has 0 amide bonds. The summed E-state index contributed by atoms with van der Waals surface area (Å²) in [6, 6.07) is 4.97. The van der Waals surface area contributed by atoms with Gasteiger partial charge in [0.05, 0.1) is 7.11 Å². The Bertz CT molecular complexity index is 607. The number of nitrogens with one attached hydrogen (secondary N) is 1. The number of rotatable bonds is 3. The van der Waals surface area contributed by atoms with Crippen LogP contribution in [0.15, 0.2) is 18.2 Å². The van der Waals surface area contributed by atoms with E-state index >= 15 is 0 Å². The number of nitrogens with zero attached hydrogens (tertiary/aromatic N) is 1. The number of hydrogen-bond acceptors (Lipinski definition) is 3. The zero-order chi connectivity index (χ0) is 13.3. The van der Waals surface area contributed by atoms with Gasteiger partial charge in [0.25, 0.3) is 0 Å². The molecule has 0 saturated heterocycles. The maximum absolute atomic E-state index is 11.2. The lowest BCUT2D eigenvalue weighted by atomic mass is 10.1. The highest BCUT2D eigenvalue weighted by atomic mass is 35.5. The molecule has 0 fully saturated rings. The molecular weight excluding hydrogens is 256 g/mol.